The molecule has 1 fully saturated rings. The van der Waals surface area contributed by atoms with Crippen molar-refractivity contribution in [2.24, 2.45) is 0 Å². The summed E-state index contributed by atoms with van der Waals surface area (Å²) in [6.07, 6.45) is 5.93. The van der Waals surface area contributed by atoms with Gasteiger partial charge in [-0.05, 0) is 50.8 Å². The highest BCUT2D eigenvalue weighted by atomic mass is 16.3. The molecular formula is C14H21NO. The van der Waals surface area contributed by atoms with Gasteiger partial charge in [-0.15, -0.1) is 0 Å². The van der Waals surface area contributed by atoms with Crippen LogP contribution < -0.4 is 5.32 Å². The lowest BCUT2D eigenvalue weighted by Gasteiger charge is -2.35. The van der Waals surface area contributed by atoms with E-state index >= 15 is 0 Å². The summed E-state index contributed by atoms with van der Waals surface area (Å²) < 4.78 is 0. The number of para-hydroxylation sites is 1. The molecule has 0 aromatic heterocycles. The Morgan fingerprint density at radius 3 is 2.81 bits per heavy atom. The van der Waals surface area contributed by atoms with Gasteiger partial charge in [-0.1, -0.05) is 24.6 Å². The Hall–Kier alpha value is -1.02. The van der Waals surface area contributed by atoms with E-state index in [2.05, 4.69) is 12.2 Å². The third kappa shape index (κ3) is 2.76. The molecule has 1 atom stereocenters. The summed E-state index contributed by atoms with van der Waals surface area (Å²) in [5, 5.41) is 13.3. The molecule has 2 N–H and O–H groups in total. The van der Waals surface area contributed by atoms with E-state index < -0.39 is 0 Å². The van der Waals surface area contributed by atoms with Gasteiger partial charge in [0.05, 0.1) is 0 Å². The summed E-state index contributed by atoms with van der Waals surface area (Å²) in [5.41, 5.74) is 1.33. The summed E-state index contributed by atoms with van der Waals surface area (Å²) in [5.74, 6) is 0.432. The second-order valence-electron chi connectivity index (χ2n) is 5.07. The van der Waals surface area contributed by atoms with E-state index in [4.69, 9.17) is 0 Å². The molecule has 2 nitrogen and oxygen atoms in total. The van der Waals surface area contributed by atoms with E-state index in [1.54, 1.807) is 6.07 Å². The van der Waals surface area contributed by atoms with Gasteiger partial charge < -0.3 is 10.4 Å². The molecule has 1 aliphatic rings. The molecule has 2 rings (SSSR count). The number of phenolic OH excluding ortho intramolecular Hbond substituents is 1. The molecule has 0 bridgehead atoms. The molecule has 0 amide bonds. The molecule has 0 radical (unpaired) electrons. The molecule has 88 valence electrons. The molecule has 0 spiro atoms. The smallest absolute Gasteiger partial charge is 0.118 e. The third-order valence-corrected chi connectivity index (χ3v) is 3.64. The molecule has 1 aromatic rings. The second kappa shape index (κ2) is 4.88. The molecule has 0 saturated carbocycles. The maximum Gasteiger partial charge on any atom is 0.118 e. The zero-order chi connectivity index (χ0) is 11.4. The van der Waals surface area contributed by atoms with E-state index in [0.717, 1.165) is 24.9 Å². The molecule has 1 unspecified atom stereocenters. The van der Waals surface area contributed by atoms with E-state index in [0.29, 0.717) is 5.75 Å². The summed E-state index contributed by atoms with van der Waals surface area (Å²) in [6, 6.07) is 7.65. The zero-order valence-electron chi connectivity index (χ0n) is 10.00. The first-order chi connectivity index (χ1) is 7.70. The van der Waals surface area contributed by atoms with Crippen molar-refractivity contribution in [2.45, 2.75) is 44.6 Å². The van der Waals surface area contributed by atoms with E-state index in [-0.39, 0.29) is 5.54 Å². The van der Waals surface area contributed by atoms with Crippen molar-refractivity contribution < 1.29 is 5.11 Å². The van der Waals surface area contributed by atoms with Gasteiger partial charge in [0.15, 0.2) is 0 Å². The lowest BCUT2D eigenvalue weighted by Crippen LogP contribution is -2.46. The second-order valence-corrected chi connectivity index (χ2v) is 5.07. The van der Waals surface area contributed by atoms with Gasteiger partial charge >= 0.3 is 0 Å². The molecule has 1 aliphatic heterocycles. The fraction of sp³-hybridized carbons (Fsp3) is 0.571. The Kier molecular flexibility index (Phi) is 3.49. The lowest BCUT2D eigenvalue weighted by atomic mass is 9.85. The van der Waals surface area contributed by atoms with Crippen molar-refractivity contribution in [1.29, 1.82) is 0 Å². The van der Waals surface area contributed by atoms with Gasteiger partial charge in [-0.3, -0.25) is 0 Å². The van der Waals surface area contributed by atoms with Crippen LogP contribution in [0.1, 0.15) is 38.2 Å². The highest BCUT2D eigenvalue weighted by molar-refractivity contribution is 5.31. The number of hydrogen-bond acceptors (Lipinski definition) is 2. The van der Waals surface area contributed by atoms with Gasteiger partial charge in [0.1, 0.15) is 5.75 Å². The fourth-order valence-corrected chi connectivity index (χ4v) is 2.46. The molecule has 1 aromatic carbocycles. The third-order valence-electron chi connectivity index (χ3n) is 3.64. The first-order valence-electron chi connectivity index (χ1n) is 6.22. The van der Waals surface area contributed by atoms with Crippen molar-refractivity contribution in [1.82, 2.24) is 5.32 Å². The Balaban J connectivity index is 1.94. The van der Waals surface area contributed by atoms with Gasteiger partial charge in [-0.2, -0.15) is 0 Å². The monoisotopic (exact) mass is 219 g/mol. The minimum Gasteiger partial charge on any atom is -0.508 e. The lowest BCUT2D eigenvalue weighted by molar-refractivity contribution is 0.260. The van der Waals surface area contributed by atoms with Crippen LogP contribution in [0.2, 0.25) is 0 Å². The number of hydrogen-bond donors (Lipinski definition) is 2. The molecule has 16 heavy (non-hydrogen) atoms. The van der Waals surface area contributed by atoms with Crippen molar-refractivity contribution in [3.63, 3.8) is 0 Å². The summed E-state index contributed by atoms with van der Waals surface area (Å²) in [7, 11) is 0. The normalized spacial score (nSPS) is 25.6. The van der Waals surface area contributed by atoms with Gasteiger partial charge in [-0.25, -0.2) is 0 Å². The van der Waals surface area contributed by atoms with Crippen LogP contribution in [0.4, 0.5) is 0 Å². The Labute approximate surface area is 97.7 Å². The van der Waals surface area contributed by atoms with E-state index in [1.165, 1.54) is 19.3 Å². The average molecular weight is 219 g/mol. The largest absolute Gasteiger partial charge is 0.508 e. The SMILES string of the molecule is CC1(CCc2ccccc2O)CCCCN1. The molecule has 2 heteroatoms. The zero-order valence-corrected chi connectivity index (χ0v) is 10.00. The quantitative estimate of drug-likeness (QED) is 0.819. The van der Waals surface area contributed by atoms with E-state index in [9.17, 15) is 5.11 Å². The minimum atomic E-state index is 0.264. The first-order valence-corrected chi connectivity index (χ1v) is 6.22. The highest BCUT2D eigenvalue weighted by Gasteiger charge is 2.25. The van der Waals surface area contributed by atoms with Crippen LogP contribution in [0.3, 0.4) is 0 Å². The maximum absolute atomic E-state index is 9.70. The number of aromatic hydroxyl groups is 1. The number of piperidine rings is 1. The van der Waals surface area contributed by atoms with Crippen LogP contribution in [0.25, 0.3) is 0 Å². The molecule has 0 aliphatic carbocycles. The number of nitrogens with one attached hydrogen (secondary N) is 1. The summed E-state index contributed by atoms with van der Waals surface area (Å²) >= 11 is 0. The first kappa shape index (κ1) is 11.5. The van der Waals surface area contributed by atoms with Crippen molar-refractivity contribution >= 4 is 0 Å². The topological polar surface area (TPSA) is 32.3 Å². The van der Waals surface area contributed by atoms with Gasteiger partial charge in [0, 0.05) is 5.54 Å². The number of phenols is 1. The van der Waals surface area contributed by atoms with Crippen molar-refractivity contribution in [3.8, 4) is 5.75 Å². The van der Waals surface area contributed by atoms with Gasteiger partial charge in [0.2, 0.25) is 0 Å². The number of benzene rings is 1. The van der Waals surface area contributed by atoms with Crippen LogP contribution in [0, 0.1) is 0 Å². The van der Waals surface area contributed by atoms with Crippen molar-refractivity contribution in [3.05, 3.63) is 29.8 Å². The minimum absolute atomic E-state index is 0.264. The predicted octanol–water partition coefficient (Wildman–Crippen LogP) is 2.86. The van der Waals surface area contributed by atoms with Crippen LogP contribution in [0.15, 0.2) is 24.3 Å². The summed E-state index contributed by atoms with van der Waals surface area (Å²) in [6.45, 7) is 3.43. The van der Waals surface area contributed by atoms with Crippen LogP contribution >= 0.6 is 0 Å². The molecular weight excluding hydrogens is 198 g/mol. The van der Waals surface area contributed by atoms with E-state index in [1.807, 2.05) is 18.2 Å². The number of aryl methyl sites for hydroxylation is 1. The van der Waals surface area contributed by atoms with Crippen LogP contribution in [0.5, 0.6) is 5.75 Å². The average Bonchev–Trinajstić information content (AvgIpc) is 2.29. The summed E-state index contributed by atoms with van der Waals surface area (Å²) in [4.78, 5) is 0. The molecule has 1 saturated heterocycles. The standard InChI is InChI=1S/C14H21NO/c1-14(9-4-5-11-15-14)10-8-12-6-2-3-7-13(12)16/h2-3,6-7,15-16H,4-5,8-11H2,1H3. The number of rotatable bonds is 3. The molecule has 1 heterocycles. The highest BCUT2D eigenvalue weighted by Crippen LogP contribution is 2.26. The maximum atomic E-state index is 9.70. The Morgan fingerprint density at radius 2 is 2.12 bits per heavy atom. The van der Waals surface area contributed by atoms with Crippen molar-refractivity contribution in [2.75, 3.05) is 6.54 Å². The fourth-order valence-electron chi connectivity index (χ4n) is 2.46. The van der Waals surface area contributed by atoms with Crippen LogP contribution in [-0.2, 0) is 6.42 Å². The Morgan fingerprint density at radius 1 is 1.31 bits per heavy atom. The van der Waals surface area contributed by atoms with Crippen LogP contribution in [-0.4, -0.2) is 17.2 Å². The Bertz CT molecular complexity index is 342. The predicted molar refractivity (Wildman–Crippen MR) is 66.7 cm³/mol. The van der Waals surface area contributed by atoms with Gasteiger partial charge in [0.25, 0.3) is 0 Å².